The number of aliphatic carboxylic acids is 1. The van der Waals surface area contributed by atoms with Crippen LogP contribution in [0.2, 0.25) is 0 Å². The first-order chi connectivity index (χ1) is 6.80. The Hall–Kier alpha value is -0.880. The minimum absolute atomic E-state index is 0.121. The molecule has 15 heavy (non-hydrogen) atoms. The lowest BCUT2D eigenvalue weighted by atomic mass is 10.1. The Balaban J connectivity index is 2.60. The van der Waals surface area contributed by atoms with Crippen molar-refractivity contribution < 1.29 is 14.4 Å². The molecular weight excluding hydrogens is 214 g/mol. The van der Waals surface area contributed by atoms with Crippen molar-refractivity contribution in [2.75, 3.05) is 27.7 Å². The van der Waals surface area contributed by atoms with Crippen LogP contribution >= 0.6 is 12.2 Å². The monoisotopic (exact) mass is 232 g/mol. The van der Waals surface area contributed by atoms with E-state index in [2.05, 4.69) is 10.6 Å². The van der Waals surface area contributed by atoms with E-state index in [-0.39, 0.29) is 6.04 Å². The molecule has 0 amide bonds. The van der Waals surface area contributed by atoms with Gasteiger partial charge < -0.3 is 20.2 Å². The Labute approximate surface area is 95.0 Å². The zero-order chi connectivity index (χ0) is 11.6. The molecular formula is C9H18N3O2S+. The van der Waals surface area contributed by atoms with Crippen molar-refractivity contribution in [1.29, 1.82) is 0 Å². The van der Waals surface area contributed by atoms with Gasteiger partial charge in [0.15, 0.2) is 11.2 Å². The highest BCUT2D eigenvalue weighted by molar-refractivity contribution is 7.80. The van der Waals surface area contributed by atoms with Gasteiger partial charge in [-0.25, -0.2) is 4.79 Å². The number of quaternary nitrogens is 1. The molecule has 0 radical (unpaired) electrons. The van der Waals surface area contributed by atoms with Gasteiger partial charge in [0, 0.05) is 13.0 Å². The van der Waals surface area contributed by atoms with Gasteiger partial charge in [0.25, 0.3) is 0 Å². The molecule has 2 unspecified atom stereocenters. The van der Waals surface area contributed by atoms with Gasteiger partial charge >= 0.3 is 5.97 Å². The van der Waals surface area contributed by atoms with Crippen molar-refractivity contribution in [2.24, 2.45) is 0 Å². The molecule has 1 aliphatic heterocycles. The van der Waals surface area contributed by atoms with E-state index in [9.17, 15) is 4.79 Å². The molecule has 0 aromatic rings. The lowest BCUT2D eigenvalue weighted by Gasteiger charge is -2.32. The Morgan fingerprint density at radius 2 is 2.27 bits per heavy atom. The molecule has 1 rings (SSSR count). The summed E-state index contributed by atoms with van der Waals surface area (Å²) in [6, 6.07) is -0.291. The number of rotatable bonds is 4. The maximum absolute atomic E-state index is 11.1. The van der Waals surface area contributed by atoms with Gasteiger partial charge in [-0.15, -0.1) is 0 Å². The van der Waals surface area contributed by atoms with Crippen LogP contribution in [0.25, 0.3) is 0 Å². The van der Waals surface area contributed by atoms with Crippen LogP contribution in [0.1, 0.15) is 6.42 Å². The molecule has 1 fully saturated rings. The number of nitrogens with one attached hydrogen (secondary N) is 2. The Bertz CT molecular complexity index is 275. The van der Waals surface area contributed by atoms with Gasteiger partial charge in [-0.1, -0.05) is 0 Å². The fourth-order valence-electron chi connectivity index (χ4n) is 1.66. The van der Waals surface area contributed by atoms with Crippen LogP contribution in [-0.4, -0.2) is 60.4 Å². The SMILES string of the molecule is C[N+](C)(C)C(CC1CNC(=S)N1)C(=O)O. The summed E-state index contributed by atoms with van der Waals surface area (Å²) in [6.45, 7) is 0.711. The zero-order valence-corrected chi connectivity index (χ0v) is 10.1. The molecule has 0 bridgehead atoms. The number of carboxylic acids is 1. The summed E-state index contributed by atoms with van der Waals surface area (Å²) >= 11 is 4.93. The first-order valence-electron chi connectivity index (χ1n) is 4.89. The lowest BCUT2D eigenvalue weighted by molar-refractivity contribution is -0.887. The largest absolute Gasteiger partial charge is 0.477 e. The summed E-state index contributed by atoms with van der Waals surface area (Å²) in [6.07, 6.45) is 0.575. The summed E-state index contributed by atoms with van der Waals surface area (Å²) in [4.78, 5) is 11.1. The lowest BCUT2D eigenvalue weighted by Crippen LogP contribution is -2.52. The van der Waals surface area contributed by atoms with Crippen molar-refractivity contribution in [3.8, 4) is 0 Å². The van der Waals surface area contributed by atoms with Crippen molar-refractivity contribution >= 4 is 23.3 Å². The molecule has 2 atom stereocenters. The minimum Gasteiger partial charge on any atom is -0.477 e. The third-order valence-corrected chi connectivity index (χ3v) is 2.83. The second-order valence-electron chi connectivity index (χ2n) is 4.76. The van der Waals surface area contributed by atoms with Crippen LogP contribution < -0.4 is 10.6 Å². The van der Waals surface area contributed by atoms with Crippen molar-refractivity contribution in [3.63, 3.8) is 0 Å². The molecule has 1 heterocycles. The van der Waals surface area contributed by atoms with E-state index in [0.29, 0.717) is 22.6 Å². The first kappa shape index (κ1) is 12.2. The van der Waals surface area contributed by atoms with Crippen LogP contribution in [-0.2, 0) is 4.79 Å². The second-order valence-corrected chi connectivity index (χ2v) is 5.17. The summed E-state index contributed by atoms with van der Waals surface area (Å²) in [7, 11) is 5.67. The fraction of sp³-hybridized carbons (Fsp3) is 0.778. The van der Waals surface area contributed by atoms with Crippen molar-refractivity contribution in [3.05, 3.63) is 0 Å². The summed E-state index contributed by atoms with van der Waals surface area (Å²) in [5.41, 5.74) is 0. The molecule has 1 aliphatic rings. The summed E-state index contributed by atoms with van der Waals surface area (Å²) < 4.78 is 0.417. The standard InChI is InChI=1S/C9H17N3O2S/c1-12(2,3)7(8(13)14)4-6-5-10-9(15)11-6/h6-7H,4-5H2,1-3H3,(H2-,10,11,13,14,15)/p+1. The van der Waals surface area contributed by atoms with Gasteiger partial charge in [0.05, 0.1) is 27.2 Å². The Morgan fingerprint density at radius 3 is 2.60 bits per heavy atom. The first-order valence-corrected chi connectivity index (χ1v) is 5.30. The van der Waals surface area contributed by atoms with Gasteiger partial charge in [-0.05, 0) is 12.2 Å². The number of nitrogens with zero attached hydrogens (tertiary/aromatic N) is 1. The zero-order valence-electron chi connectivity index (χ0n) is 9.28. The third kappa shape index (κ3) is 3.32. The predicted octanol–water partition coefficient (Wildman–Crippen LogP) is -0.618. The van der Waals surface area contributed by atoms with E-state index >= 15 is 0 Å². The number of likely N-dealkylation sites (N-methyl/N-ethyl adjacent to an activating group) is 1. The molecule has 6 heteroatoms. The third-order valence-electron chi connectivity index (χ3n) is 2.57. The molecule has 0 aliphatic carbocycles. The second kappa shape index (κ2) is 4.32. The number of hydrogen-bond donors (Lipinski definition) is 3. The number of hydrogen-bond acceptors (Lipinski definition) is 2. The number of thiocarbonyl (C=S) groups is 1. The predicted molar refractivity (Wildman–Crippen MR) is 61.6 cm³/mol. The molecule has 0 aromatic heterocycles. The molecule has 0 aromatic carbocycles. The van der Waals surface area contributed by atoms with Gasteiger partial charge in [-0.3, -0.25) is 0 Å². The average molecular weight is 232 g/mol. The highest BCUT2D eigenvalue weighted by Gasteiger charge is 2.35. The maximum Gasteiger partial charge on any atom is 0.362 e. The van der Waals surface area contributed by atoms with Crippen molar-refractivity contribution in [1.82, 2.24) is 10.6 Å². The van der Waals surface area contributed by atoms with E-state index < -0.39 is 12.0 Å². The van der Waals surface area contributed by atoms with E-state index in [0.717, 1.165) is 0 Å². The molecule has 5 nitrogen and oxygen atoms in total. The molecule has 3 N–H and O–H groups in total. The quantitative estimate of drug-likeness (QED) is 0.445. The Morgan fingerprint density at radius 1 is 1.67 bits per heavy atom. The van der Waals surface area contributed by atoms with E-state index in [1.165, 1.54) is 0 Å². The number of carbonyl (C=O) groups is 1. The van der Waals surface area contributed by atoms with Gasteiger partial charge in [0.1, 0.15) is 0 Å². The van der Waals surface area contributed by atoms with Gasteiger partial charge in [-0.2, -0.15) is 0 Å². The van der Waals surface area contributed by atoms with E-state index in [1.807, 2.05) is 21.1 Å². The van der Waals surface area contributed by atoms with Crippen LogP contribution in [0.3, 0.4) is 0 Å². The smallest absolute Gasteiger partial charge is 0.362 e. The van der Waals surface area contributed by atoms with Crippen LogP contribution in [0.15, 0.2) is 0 Å². The fourth-order valence-corrected chi connectivity index (χ4v) is 1.91. The topological polar surface area (TPSA) is 61.4 Å². The van der Waals surface area contributed by atoms with Gasteiger partial charge in [0.2, 0.25) is 0 Å². The van der Waals surface area contributed by atoms with Crippen LogP contribution in [0.4, 0.5) is 0 Å². The normalized spacial score (nSPS) is 23.1. The Kier molecular flexibility index (Phi) is 3.51. The molecule has 0 saturated carbocycles. The molecule has 86 valence electrons. The number of carboxylic acid groups (broad SMARTS) is 1. The van der Waals surface area contributed by atoms with Crippen molar-refractivity contribution in [2.45, 2.75) is 18.5 Å². The highest BCUT2D eigenvalue weighted by Crippen LogP contribution is 2.12. The minimum atomic E-state index is -0.762. The molecule has 1 saturated heterocycles. The summed E-state index contributed by atoms with van der Waals surface area (Å²) in [5, 5.41) is 15.8. The maximum atomic E-state index is 11.1. The highest BCUT2D eigenvalue weighted by atomic mass is 32.1. The van der Waals surface area contributed by atoms with E-state index in [4.69, 9.17) is 17.3 Å². The molecule has 0 spiro atoms. The van der Waals surface area contributed by atoms with Crippen LogP contribution in [0, 0.1) is 0 Å². The summed E-state index contributed by atoms with van der Waals surface area (Å²) in [5.74, 6) is -0.762. The van der Waals surface area contributed by atoms with Crippen LogP contribution in [0.5, 0.6) is 0 Å². The van der Waals surface area contributed by atoms with E-state index in [1.54, 1.807) is 0 Å². The average Bonchev–Trinajstić information content (AvgIpc) is 2.44.